The van der Waals surface area contributed by atoms with Crippen LogP contribution in [0, 0.1) is 6.92 Å². The molecule has 4 nitrogen and oxygen atoms in total. The maximum atomic E-state index is 6.23. The van der Waals surface area contributed by atoms with Gasteiger partial charge in [-0.2, -0.15) is 5.10 Å². The van der Waals surface area contributed by atoms with Gasteiger partial charge in [0.05, 0.1) is 17.7 Å². The monoisotopic (exact) mass is 285 g/mol. The topological polar surface area (TPSA) is 53.1 Å². The van der Waals surface area contributed by atoms with Crippen molar-refractivity contribution in [2.24, 2.45) is 12.8 Å². The number of halogens is 1. The van der Waals surface area contributed by atoms with Gasteiger partial charge < -0.3 is 10.5 Å². The molecule has 0 aliphatic rings. The molecule has 0 fully saturated rings. The Balaban J connectivity index is 2.24. The Morgan fingerprint density at radius 1 is 1.61 bits per heavy atom. The summed E-state index contributed by atoms with van der Waals surface area (Å²) >= 11 is 7.81. The molecule has 0 bridgehead atoms. The zero-order valence-corrected chi connectivity index (χ0v) is 12.2. The first-order valence-electron chi connectivity index (χ1n) is 5.59. The lowest BCUT2D eigenvalue weighted by atomic mass is 10.1. The molecule has 0 amide bonds. The number of thiophene rings is 1. The summed E-state index contributed by atoms with van der Waals surface area (Å²) in [5.41, 5.74) is 8.16. The molecule has 2 aromatic heterocycles. The first kappa shape index (κ1) is 13.4. The van der Waals surface area contributed by atoms with Crippen molar-refractivity contribution in [2.45, 2.75) is 19.4 Å². The third kappa shape index (κ3) is 2.39. The highest BCUT2D eigenvalue weighted by Gasteiger charge is 2.19. The van der Waals surface area contributed by atoms with Crippen LogP contribution in [0.5, 0.6) is 5.75 Å². The second-order valence-corrected chi connectivity index (χ2v) is 5.45. The molecule has 2 N–H and O–H groups in total. The zero-order chi connectivity index (χ0) is 13.3. The molecule has 98 valence electrons. The van der Waals surface area contributed by atoms with Crippen LogP contribution in [-0.2, 0) is 13.5 Å². The standard InChI is InChI=1S/C12H16ClN3OS/c1-7-8(12(13)16(2)15-7)6-9(14)11-10(17-3)4-5-18-11/h4-5,9H,6,14H2,1-3H3. The van der Waals surface area contributed by atoms with E-state index in [1.54, 1.807) is 23.1 Å². The van der Waals surface area contributed by atoms with Crippen LogP contribution in [0.2, 0.25) is 5.15 Å². The molecule has 2 aromatic rings. The number of nitrogens with zero attached hydrogens (tertiary/aromatic N) is 2. The lowest BCUT2D eigenvalue weighted by Gasteiger charge is -2.11. The van der Waals surface area contributed by atoms with E-state index in [2.05, 4.69) is 5.10 Å². The molecular weight excluding hydrogens is 270 g/mol. The zero-order valence-electron chi connectivity index (χ0n) is 10.6. The number of ether oxygens (including phenoxy) is 1. The summed E-state index contributed by atoms with van der Waals surface area (Å²) in [6.07, 6.45) is 0.662. The summed E-state index contributed by atoms with van der Waals surface area (Å²) in [5, 5.41) is 6.92. The van der Waals surface area contributed by atoms with Crippen LogP contribution in [0.15, 0.2) is 11.4 Å². The Kier molecular flexibility index (Phi) is 3.94. The second kappa shape index (κ2) is 5.30. The highest BCUT2D eigenvalue weighted by Crippen LogP contribution is 2.33. The molecule has 0 saturated heterocycles. The number of nitrogens with two attached hydrogens (primary N) is 1. The van der Waals surface area contributed by atoms with Crippen molar-refractivity contribution in [2.75, 3.05) is 7.11 Å². The fraction of sp³-hybridized carbons (Fsp3) is 0.417. The van der Waals surface area contributed by atoms with Crippen LogP contribution in [0.25, 0.3) is 0 Å². The number of aryl methyl sites for hydroxylation is 2. The predicted octanol–water partition coefficient (Wildman–Crippen LogP) is 2.69. The van der Waals surface area contributed by atoms with Gasteiger partial charge in [0, 0.05) is 18.7 Å². The molecule has 0 aromatic carbocycles. The molecule has 1 unspecified atom stereocenters. The minimum Gasteiger partial charge on any atom is -0.496 e. The van der Waals surface area contributed by atoms with E-state index < -0.39 is 0 Å². The molecule has 0 radical (unpaired) electrons. The number of hydrogen-bond acceptors (Lipinski definition) is 4. The Bertz CT molecular complexity index is 550. The van der Waals surface area contributed by atoms with Crippen LogP contribution >= 0.6 is 22.9 Å². The average molecular weight is 286 g/mol. The van der Waals surface area contributed by atoms with Crippen molar-refractivity contribution in [1.29, 1.82) is 0 Å². The molecular formula is C12H16ClN3OS. The van der Waals surface area contributed by atoms with Crippen molar-refractivity contribution in [3.8, 4) is 5.75 Å². The Morgan fingerprint density at radius 3 is 2.89 bits per heavy atom. The Hall–Kier alpha value is -1.04. The van der Waals surface area contributed by atoms with Gasteiger partial charge in [-0.25, -0.2) is 0 Å². The summed E-state index contributed by atoms with van der Waals surface area (Å²) in [6, 6.07) is 1.80. The van der Waals surface area contributed by atoms with E-state index in [0.29, 0.717) is 11.6 Å². The largest absolute Gasteiger partial charge is 0.496 e. The number of methoxy groups -OCH3 is 1. The lowest BCUT2D eigenvalue weighted by Crippen LogP contribution is -2.13. The van der Waals surface area contributed by atoms with E-state index in [1.807, 2.05) is 25.4 Å². The predicted molar refractivity (Wildman–Crippen MR) is 74.5 cm³/mol. The number of aromatic nitrogens is 2. The van der Waals surface area contributed by atoms with Gasteiger partial charge in [0.2, 0.25) is 0 Å². The van der Waals surface area contributed by atoms with Crippen molar-refractivity contribution in [1.82, 2.24) is 9.78 Å². The van der Waals surface area contributed by atoms with Gasteiger partial charge in [0.15, 0.2) is 0 Å². The summed E-state index contributed by atoms with van der Waals surface area (Å²) in [5.74, 6) is 0.838. The van der Waals surface area contributed by atoms with Crippen LogP contribution in [0.3, 0.4) is 0 Å². The molecule has 6 heteroatoms. The van der Waals surface area contributed by atoms with Gasteiger partial charge in [-0.3, -0.25) is 4.68 Å². The summed E-state index contributed by atoms with van der Waals surface area (Å²) in [6.45, 7) is 1.94. The van der Waals surface area contributed by atoms with E-state index in [-0.39, 0.29) is 6.04 Å². The maximum absolute atomic E-state index is 6.23. The third-order valence-corrected chi connectivity index (χ3v) is 4.41. The van der Waals surface area contributed by atoms with Crippen LogP contribution in [0.4, 0.5) is 0 Å². The maximum Gasteiger partial charge on any atom is 0.134 e. The van der Waals surface area contributed by atoms with Gasteiger partial charge in [-0.1, -0.05) is 11.6 Å². The van der Waals surface area contributed by atoms with Gasteiger partial charge >= 0.3 is 0 Å². The third-order valence-electron chi connectivity index (χ3n) is 2.91. The van der Waals surface area contributed by atoms with E-state index in [4.69, 9.17) is 22.1 Å². The molecule has 18 heavy (non-hydrogen) atoms. The summed E-state index contributed by atoms with van der Waals surface area (Å²) in [4.78, 5) is 1.04. The fourth-order valence-corrected chi connectivity index (χ4v) is 3.08. The van der Waals surface area contributed by atoms with Crippen LogP contribution in [-0.4, -0.2) is 16.9 Å². The molecule has 2 rings (SSSR count). The highest BCUT2D eigenvalue weighted by atomic mass is 35.5. The number of rotatable bonds is 4. The molecule has 0 saturated carbocycles. The molecule has 0 aliphatic carbocycles. The summed E-state index contributed by atoms with van der Waals surface area (Å²) < 4.78 is 6.96. The van der Waals surface area contributed by atoms with E-state index in [9.17, 15) is 0 Å². The average Bonchev–Trinajstić information content (AvgIpc) is 2.90. The van der Waals surface area contributed by atoms with E-state index in [0.717, 1.165) is 21.9 Å². The van der Waals surface area contributed by atoms with Crippen molar-refractivity contribution in [3.63, 3.8) is 0 Å². The fourth-order valence-electron chi connectivity index (χ4n) is 1.97. The van der Waals surface area contributed by atoms with Crippen LogP contribution in [0.1, 0.15) is 22.2 Å². The van der Waals surface area contributed by atoms with Crippen LogP contribution < -0.4 is 10.5 Å². The highest BCUT2D eigenvalue weighted by molar-refractivity contribution is 7.10. The Morgan fingerprint density at radius 2 is 2.33 bits per heavy atom. The van der Waals surface area contributed by atoms with Crippen molar-refractivity contribution in [3.05, 3.63) is 32.7 Å². The van der Waals surface area contributed by atoms with Crippen molar-refractivity contribution < 1.29 is 4.74 Å². The van der Waals surface area contributed by atoms with E-state index >= 15 is 0 Å². The van der Waals surface area contributed by atoms with E-state index in [1.165, 1.54) is 0 Å². The lowest BCUT2D eigenvalue weighted by molar-refractivity contribution is 0.409. The first-order chi connectivity index (χ1) is 8.54. The van der Waals surface area contributed by atoms with Gasteiger partial charge in [-0.15, -0.1) is 11.3 Å². The van der Waals surface area contributed by atoms with Crippen molar-refractivity contribution >= 4 is 22.9 Å². The van der Waals surface area contributed by atoms with Gasteiger partial charge in [0.25, 0.3) is 0 Å². The summed E-state index contributed by atoms with van der Waals surface area (Å²) in [7, 11) is 3.48. The Labute approximate surface area is 115 Å². The van der Waals surface area contributed by atoms with Gasteiger partial charge in [-0.05, 0) is 24.8 Å². The molecule has 1 atom stereocenters. The molecule has 0 aliphatic heterocycles. The van der Waals surface area contributed by atoms with Gasteiger partial charge in [0.1, 0.15) is 10.9 Å². The minimum atomic E-state index is -0.125. The quantitative estimate of drug-likeness (QED) is 0.940. The first-order valence-corrected chi connectivity index (χ1v) is 6.85. The normalized spacial score (nSPS) is 12.7. The molecule has 0 spiro atoms. The smallest absolute Gasteiger partial charge is 0.134 e. The minimum absolute atomic E-state index is 0.125. The second-order valence-electron chi connectivity index (χ2n) is 4.14. The SMILES string of the molecule is COc1ccsc1C(N)Cc1c(C)nn(C)c1Cl. The number of hydrogen-bond donors (Lipinski definition) is 1. The molecule has 2 heterocycles.